The van der Waals surface area contributed by atoms with Crippen molar-refractivity contribution in [2.24, 2.45) is 0 Å². The number of aryl methyl sites for hydroxylation is 1. The lowest BCUT2D eigenvalue weighted by Crippen LogP contribution is -1.96. The third-order valence-electron chi connectivity index (χ3n) is 3.34. The molecule has 0 saturated heterocycles. The standard InChI is InChI=1S/C15H16N4/c1-10(2)12-4-6-13(7-5-12)15-18-17-14-11(3)8-9-16-19(14)15/h4-10H,1-3H3. The van der Waals surface area contributed by atoms with E-state index in [1.807, 2.05) is 13.0 Å². The number of hydrogen-bond donors (Lipinski definition) is 0. The SMILES string of the molecule is Cc1ccnn2c(-c3ccc(C(C)C)cc3)nnc12. The maximum Gasteiger partial charge on any atom is 0.185 e. The molecular weight excluding hydrogens is 236 g/mol. The number of fused-ring (bicyclic) bond motifs is 1. The average Bonchev–Trinajstić information content (AvgIpc) is 2.84. The van der Waals surface area contributed by atoms with E-state index in [1.54, 1.807) is 10.7 Å². The Morgan fingerprint density at radius 1 is 1.00 bits per heavy atom. The summed E-state index contributed by atoms with van der Waals surface area (Å²) < 4.78 is 1.79. The van der Waals surface area contributed by atoms with Crippen molar-refractivity contribution >= 4 is 5.65 Å². The molecule has 0 fully saturated rings. The molecule has 1 aromatic carbocycles. The topological polar surface area (TPSA) is 43.1 Å². The molecule has 3 rings (SSSR count). The highest BCUT2D eigenvalue weighted by atomic mass is 15.4. The molecular formula is C15H16N4. The van der Waals surface area contributed by atoms with Crippen LogP contribution in [0.15, 0.2) is 36.5 Å². The van der Waals surface area contributed by atoms with Gasteiger partial charge in [-0.2, -0.15) is 9.61 Å². The van der Waals surface area contributed by atoms with Gasteiger partial charge >= 0.3 is 0 Å². The summed E-state index contributed by atoms with van der Waals surface area (Å²) in [6.07, 6.45) is 1.78. The predicted octanol–water partition coefficient (Wildman–Crippen LogP) is 3.22. The lowest BCUT2D eigenvalue weighted by Gasteiger charge is -2.05. The minimum absolute atomic E-state index is 0.532. The largest absolute Gasteiger partial charge is 0.193 e. The van der Waals surface area contributed by atoms with Gasteiger partial charge < -0.3 is 0 Å². The molecule has 0 atom stereocenters. The second-order valence-corrected chi connectivity index (χ2v) is 5.05. The number of rotatable bonds is 2. The molecule has 0 unspecified atom stereocenters. The van der Waals surface area contributed by atoms with Crippen molar-refractivity contribution in [2.45, 2.75) is 26.7 Å². The van der Waals surface area contributed by atoms with Crippen LogP contribution >= 0.6 is 0 Å². The van der Waals surface area contributed by atoms with E-state index in [1.165, 1.54) is 5.56 Å². The van der Waals surface area contributed by atoms with Crippen LogP contribution in [0.5, 0.6) is 0 Å². The summed E-state index contributed by atoms with van der Waals surface area (Å²) in [7, 11) is 0. The van der Waals surface area contributed by atoms with Gasteiger partial charge in [-0.25, -0.2) is 0 Å². The van der Waals surface area contributed by atoms with Crippen molar-refractivity contribution in [1.29, 1.82) is 0 Å². The van der Waals surface area contributed by atoms with E-state index in [0.29, 0.717) is 5.92 Å². The normalized spacial score (nSPS) is 11.4. The first-order chi connectivity index (χ1) is 9.16. The van der Waals surface area contributed by atoms with Crippen LogP contribution in [0.2, 0.25) is 0 Å². The smallest absolute Gasteiger partial charge is 0.185 e. The lowest BCUT2D eigenvalue weighted by atomic mass is 10.0. The van der Waals surface area contributed by atoms with Crippen LogP contribution in [0.25, 0.3) is 17.0 Å². The lowest BCUT2D eigenvalue weighted by molar-refractivity contribution is 0.866. The molecule has 0 aliphatic rings. The molecule has 2 aromatic heterocycles. The van der Waals surface area contributed by atoms with E-state index in [4.69, 9.17) is 0 Å². The number of nitrogens with zero attached hydrogens (tertiary/aromatic N) is 4. The van der Waals surface area contributed by atoms with E-state index in [-0.39, 0.29) is 0 Å². The fraction of sp³-hybridized carbons (Fsp3) is 0.267. The van der Waals surface area contributed by atoms with Crippen molar-refractivity contribution in [3.05, 3.63) is 47.7 Å². The van der Waals surface area contributed by atoms with Crippen LogP contribution < -0.4 is 0 Å². The van der Waals surface area contributed by atoms with Gasteiger partial charge in [-0.3, -0.25) is 0 Å². The Bertz CT molecular complexity index is 711. The Balaban J connectivity index is 2.11. The third-order valence-corrected chi connectivity index (χ3v) is 3.34. The van der Waals surface area contributed by atoms with Crippen molar-refractivity contribution in [1.82, 2.24) is 19.8 Å². The number of hydrogen-bond acceptors (Lipinski definition) is 3. The summed E-state index contributed by atoms with van der Waals surface area (Å²) in [5.74, 6) is 1.32. The Hall–Kier alpha value is -2.23. The minimum Gasteiger partial charge on any atom is -0.193 e. The van der Waals surface area contributed by atoms with Crippen molar-refractivity contribution in [3.63, 3.8) is 0 Å². The van der Waals surface area contributed by atoms with Gasteiger partial charge in [-0.1, -0.05) is 38.1 Å². The molecule has 4 heteroatoms. The predicted molar refractivity (Wildman–Crippen MR) is 75.0 cm³/mol. The van der Waals surface area contributed by atoms with E-state index >= 15 is 0 Å². The molecule has 0 saturated carbocycles. The summed E-state index contributed by atoms with van der Waals surface area (Å²) in [5, 5.41) is 12.8. The molecule has 3 aromatic rings. The fourth-order valence-electron chi connectivity index (χ4n) is 2.12. The van der Waals surface area contributed by atoms with Crippen LogP contribution in [0.3, 0.4) is 0 Å². The zero-order chi connectivity index (χ0) is 13.4. The van der Waals surface area contributed by atoms with E-state index < -0.39 is 0 Å². The molecule has 0 aliphatic heterocycles. The zero-order valence-electron chi connectivity index (χ0n) is 11.3. The third kappa shape index (κ3) is 1.99. The summed E-state index contributed by atoms with van der Waals surface area (Å²) in [6, 6.07) is 10.4. The van der Waals surface area contributed by atoms with E-state index in [2.05, 4.69) is 53.4 Å². The highest BCUT2D eigenvalue weighted by molar-refractivity contribution is 5.60. The minimum atomic E-state index is 0.532. The highest BCUT2D eigenvalue weighted by Gasteiger charge is 2.10. The Kier molecular flexibility index (Phi) is 2.78. The van der Waals surface area contributed by atoms with Crippen molar-refractivity contribution < 1.29 is 0 Å². The quantitative estimate of drug-likeness (QED) is 0.703. The average molecular weight is 252 g/mol. The summed E-state index contributed by atoms with van der Waals surface area (Å²) in [6.45, 7) is 6.39. The van der Waals surface area contributed by atoms with Gasteiger partial charge in [0.2, 0.25) is 0 Å². The summed E-state index contributed by atoms with van der Waals surface area (Å²) in [5.41, 5.74) is 4.25. The molecule has 0 radical (unpaired) electrons. The summed E-state index contributed by atoms with van der Waals surface area (Å²) in [4.78, 5) is 0. The molecule has 0 bridgehead atoms. The Morgan fingerprint density at radius 3 is 2.42 bits per heavy atom. The van der Waals surface area contributed by atoms with Crippen molar-refractivity contribution in [3.8, 4) is 11.4 Å². The molecule has 96 valence electrons. The van der Waals surface area contributed by atoms with Crippen molar-refractivity contribution in [2.75, 3.05) is 0 Å². The fourth-order valence-corrected chi connectivity index (χ4v) is 2.12. The molecule has 0 N–H and O–H groups in total. The molecule has 0 spiro atoms. The van der Waals surface area contributed by atoms with Crippen LogP contribution in [-0.4, -0.2) is 19.8 Å². The van der Waals surface area contributed by atoms with Gasteiger partial charge in [-0.05, 0) is 30.0 Å². The number of aromatic nitrogens is 4. The molecule has 4 nitrogen and oxygen atoms in total. The first-order valence-corrected chi connectivity index (χ1v) is 6.44. The van der Waals surface area contributed by atoms with Crippen LogP contribution in [0.1, 0.15) is 30.9 Å². The van der Waals surface area contributed by atoms with Crippen LogP contribution in [0.4, 0.5) is 0 Å². The van der Waals surface area contributed by atoms with Gasteiger partial charge in [0, 0.05) is 11.8 Å². The Morgan fingerprint density at radius 2 is 1.74 bits per heavy atom. The van der Waals surface area contributed by atoms with Gasteiger partial charge in [0.1, 0.15) is 0 Å². The second kappa shape index (κ2) is 4.46. The molecule has 0 amide bonds. The maximum absolute atomic E-state index is 4.33. The zero-order valence-corrected chi connectivity index (χ0v) is 11.3. The maximum atomic E-state index is 4.33. The van der Waals surface area contributed by atoms with Gasteiger partial charge in [0.25, 0.3) is 0 Å². The van der Waals surface area contributed by atoms with Gasteiger partial charge in [0.15, 0.2) is 11.5 Å². The molecule has 19 heavy (non-hydrogen) atoms. The number of benzene rings is 1. The molecule has 0 aliphatic carbocycles. The first-order valence-electron chi connectivity index (χ1n) is 6.44. The van der Waals surface area contributed by atoms with Crippen LogP contribution in [-0.2, 0) is 0 Å². The van der Waals surface area contributed by atoms with E-state index in [9.17, 15) is 0 Å². The van der Waals surface area contributed by atoms with Crippen LogP contribution in [0, 0.1) is 6.92 Å². The summed E-state index contributed by atoms with van der Waals surface area (Å²) >= 11 is 0. The first kappa shape index (κ1) is 11.8. The second-order valence-electron chi connectivity index (χ2n) is 5.05. The van der Waals surface area contributed by atoms with Gasteiger partial charge in [0.05, 0.1) is 0 Å². The van der Waals surface area contributed by atoms with Gasteiger partial charge in [-0.15, -0.1) is 10.2 Å². The monoisotopic (exact) mass is 252 g/mol. The highest BCUT2D eigenvalue weighted by Crippen LogP contribution is 2.21. The van der Waals surface area contributed by atoms with E-state index in [0.717, 1.165) is 22.6 Å². The molecule has 2 heterocycles. The Labute approximate surface area is 112 Å².